The number of esters is 2. The third-order valence-electron chi connectivity index (χ3n) is 2.28. The Hall–Kier alpha value is -1.56. The van der Waals surface area contributed by atoms with E-state index in [-0.39, 0.29) is 0 Å². The van der Waals surface area contributed by atoms with Gasteiger partial charge >= 0.3 is 17.2 Å². The number of ether oxygens (including phenoxy) is 2. The van der Waals surface area contributed by atoms with Gasteiger partial charge in [0.25, 0.3) is 6.01 Å². The van der Waals surface area contributed by atoms with Crippen molar-refractivity contribution in [1.29, 1.82) is 0 Å². The fourth-order valence-electron chi connectivity index (χ4n) is 1.40. The van der Waals surface area contributed by atoms with Crippen molar-refractivity contribution in [3.8, 4) is 0 Å². The topological polar surface area (TPSA) is 52.6 Å². The van der Waals surface area contributed by atoms with Crippen molar-refractivity contribution in [2.75, 3.05) is 20.2 Å². The molecule has 1 aromatic rings. The van der Waals surface area contributed by atoms with Gasteiger partial charge in [0.1, 0.15) is 0 Å². The van der Waals surface area contributed by atoms with Crippen molar-refractivity contribution in [3.05, 3.63) is 30.3 Å². The molecule has 0 N–H and O–H groups in total. The van der Waals surface area contributed by atoms with Crippen LogP contribution in [0.3, 0.4) is 0 Å². The lowest BCUT2D eigenvalue weighted by Gasteiger charge is -2.12. The highest BCUT2D eigenvalue weighted by molar-refractivity contribution is 7.98. The second-order valence-corrected chi connectivity index (χ2v) is 5.30. The number of alkyl halides is 1. The quantitative estimate of drug-likeness (QED) is 0.461. The van der Waals surface area contributed by atoms with E-state index in [1.54, 1.807) is 30.3 Å². The molecule has 4 nitrogen and oxygen atoms in total. The van der Waals surface area contributed by atoms with Crippen LogP contribution in [0.1, 0.15) is 0 Å². The minimum absolute atomic E-state index is 0.584. The lowest BCUT2D eigenvalue weighted by Crippen LogP contribution is -2.40. The largest absolute Gasteiger partial charge is 0.465 e. The van der Waals surface area contributed by atoms with Crippen LogP contribution in [0.2, 0.25) is 0 Å². The van der Waals surface area contributed by atoms with Crippen LogP contribution in [0.15, 0.2) is 35.2 Å². The van der Waals surface area contributed by atoms with E-state index in [9.17, 15) is 14.0 Å². The average Bonchev–Trinajstić information content (AvgIpc) is 2.44. The number of carbonyl (C=O) groups is 2. The van der Waals surface area contributed by atoms with Crippen LogP contribution in [0.5, 0.6) is 0 Å². The summed E-state index contributed by atoms with van der Waals surface area (Å²) in [5.74, 6) is -1.57. The number of hydrogen-bond acceptors (Lipinski definition) is 4. The Morgan fingerprint density at radius 3 is 2.06 bits per heavy atom. The molecule has 0 heterocycles. The number of carbonyl (C=O) groups excluding carboxylic acids is 2. The van der Waals surface area contributed by atoms with Crippen LogP contribution in [0, 0.1) is 0 Å². The highest BCUT2D eigenvalue weighted by Gasteiger charge is 2.47. The summed E-state index contributed by atoms with van der Waals surface area (Å²) in [5, 5.41) is -1.26. The van der Waals surface area contributed by atoms with E-state index in [2.05, 4.69) is 9.47 Å². The van der Waals surface area contributed by atoms with E-state index in [0.29, 0.717) is 4.90 Å². The van der Waals surface area contributed by atoms with Gasteiger partial charge in [-0.05, 0) is 12.1 Å². The Labute approximate surface area is 107 Å². The Bertz CT molecular complexity index is 394. The van der Waals surface area contributed by atoms with E-state index < -0.39 is 34.1 Å². The number of hydrogen-bond donors (Lipinski definition) is 0. The molecule has 1 aromatic carbocycles. The molecule has 6 heteroatoms. The number of methoxy groups -OCH3 is 2. The van der Waals surface area contributed by atoms with Crippen LogP contribution in [-0.4, -0.2) is 37.4 Å². The average molecular weight is 273 g/mol. The van der Waals surface area contributed by atoms with E-state index in [4.69, 9.17) is 0 Å². The molecule has 0 aliphatic heterocycles. The summed E-state index contributed by atoms with van der Waals surface area (Å²) in [6, 6.07) is 7.73. The predicted molar refractivity (Wildman–Crippen MR) is 65.9 cm³/mol. The zero-order valence-electron chi connectivity index (χ0n) is 10.1. The molecule has 0 fully saturated rings. The van der Waals surface area contributed by atoms with Gasteiger partial charge in [-0.25, -0.2) is 9.59 Å². The predicted octanol–water partition coefficient (Wildman–Crippen LogP) is 1.31. The van der Waals surface area contributed by atoms with Gasteiger partial charge in [-0.2, -0.15) is 4.39 Å². The van der Waals surface area contributed by atoms with Crippen LogP contribution >= 0.6 is 0 Å². The van der Waals surface area contributed by atoms with Crippen LogP contribution < -0.4 is 0 Å². The fraction of sp³-hybridized carbons (Fsp3) is 0.333. The number of benzene rings is 1. The highest BCUT2D eigenvalue weighted by atomic mass is 32.2. The van der Waals surface area contributed by atoms with Gasteiger partial charge in [-0.3, -0.25) is 0 Å². The van der Waals surface area contributed by atoms with Crippen LogP contribution in [-0.2, 0) is 30.0 Å². The van der Waals surface area contributed by atoms with Gasteiger partial charge in [0.15, 0.2) is 4.90 Å². The summed E-state index contributed by atoms with van der Waals surface area (Å²) < 4.78 is 22.3. The summed E-state index contributed by atoms with van der Waals surface area (Å²) >= 11 is 0. The SMILES string of the molecule is COC(=O)C(C(=O)OC)[S+](CF)c1ccccc1. The lowest BCUT2D eigenvalue weighted by atomic mass is 10.4. The smallest absolute Gasteiger partial charge is 0.371 e. The zero-order chi connectivity index (χ0) is 13.5. The Kier molecular flexibility index (Phi) is 5.64. The fourth-order valence-corrected chi connectivity index (χ4v) is 3.09. The molecule has 0 saturated carbocycles. The first-order chi connectivity index (χ1) is 8.65. The molecule has 1 rings (SSSR count). The molecular formula is C12H14FO4S+. The number of rotatable bonds is 5. The molecule has 0 aliphatic carbocycles. The molecule has 18 heavy (non-hydrogen) atoms. The number of halogens is 1. The summed E-state index contributed by atoms with van der Waals surface area (Å²) in [7, 11) is 1.10. The molecule has 0 bridgehead atoms. The van der Waals surface area contributed by atoms with Gasteiger partial charge in [0.2, 0.25) is 0 Å². The van der Waals surface area contributed by atoms with Crippen molar-refractivity contribution < 1.29 is 23.5 Å². The standard InChI is InChI=1S/C12H14FO4S/c1-16-11(14)10(12(15)17-2)18(8-13)9-6-4-3-5-7-9/h3-7,10H,8H2,1-2H3/q+1. The van der Waals surface area contributed by atoms with E-state index in [1.807, 2.05) is 0 Å². The maximum absolute atomic E-state index is 13.2. The van der Waals surface area contributed by atoms with Gasteiger partial charge in [0.05, 0.1) is 25.1 Å². The van der Waals surface area contributed by atoms with Crippen molar-refractivity contribution in [2.24, 2.45) is 0 Å². The molecule has 1 unspecified atom stereocenters. The van der Waals surface area contributed by atoms with Crippen LogP contribution in [0.25, 0.3) is 0 Å². The monoisotopic (exact) mass is 273 g/mol. The molecule has 0 aliphatic rings. The Morgan fingerprint density at radius 2 is 1.67 bits per heavy atom. The molecule has 0 saturated heterocycles. The Morgan fingerprint density at radius 1 is 1.17 bits per heavy atom. The molecule has 0 spiro atoms. The highest BCUT2D eigenvalue weighted by Crippen LogP contribution is 2.21. The van der Waals surface area contributed by atoms with Crippen molar-refractivity contribution >= 4 is 22.8 Å². The first kappa shape index (κ1) is 14.5. The molecule has 0 amide bonds. The normalized spacial score (nSPS) is 12.0. The van der Waals surface area contributed by atoms with Crippen molar-refractivity contribution in [3.63, 3.8) is 0 Å². The first-order valence-corrected chi connectivity index (χ1v) is 6.57. The summed E-state index contributed by atoms with van der Waals surface area (Å²) in [5.41, 5.74) is 0. The molecule has 98 valence electrons. The van der Waals surface area contributed by atoms with E-state index in [0.717, 1.165) is 14.2 Å². The second-order valence-electron chi connectivity index (χ2n) is 3.28. The molecule has 1 atom stereocenters. The maximum atomic E-state index is 13.2. The minimum Gasteiger partial charge on any atom is -0.465 e. The third-order valence-corrected chi connectivity index (χ3v) is 4.35. The van der Waals surface area contributed by atoms with Gasteiger partial charge in [0, 0.05) is 0 Å². The second kappa shape index (κ2) is 7.00. The molecule has 0 aromatic heterocycles. The van der Waals surface area contributed by atoms with Crippen molar-refractivity contribution in [1.82, 2.24) is 0 Å². The Balaban J connectivity index is 3.09. The summed E-state index contributed by atoms with van der Waals surface area (Å²) in [6.45, 7) is 0. The maximum Gasteiger partial charge on any atom is 0.371 e. The lowest BCUT2D eigenvalue weighted by molar-refractivity contribution is -0.150. The van der Waals surface area contributed by atoms with Gasteiger partial charge < -0.3 is 9.47 Å². The first-order valence-electron chi connectivity index (χ1n) is 5.12. The summed E-state index contributed by atoms with van der Waals surface area (Å²) in [4.78, 5) is 23.8. The van der Waals surface area contributed by atoms with Gasteiger partial charge in [-0.15, -0.1) is 0 Å². The molecular weight excluding hydrogens is 259 g/mol. The third kappa shape index (κ3) is 3.22. The zero-order valence-corrected chi connectivity index (χ0v) is 10.9. The minimum atomic E-state index is -1.26. The van der Waals surface area contributed by atoms with E-state index >= 15 is 0 Å². The molecule has 0 radical (unpaired) electrons. The summed E-state index contributed by atoms with van der Waals surface area (Å²) in [6.07, 6.45) is 0. The van der Waals surface area contributed by atoms with E-state index in [1.165, 1.54) is 0 Å². The van der Waals surface area contributed by atoms with Crippen molar-refractivity contribution in [2.45, 2.75) is 10.1 Å². The van der Waals surface area contributed by atoms with Gasteiger partial charge in [-0.1, -0.05) is 18.2 Å². The van der Waals surface area contributed by atoms with Crippen LogP contribution in [0.4, 0.5) is 4.39 Å².